The Balaban J connectivity index is 3.00. The molecule has 1 aromatic rings. The number of hydrogen-bond acceptors (Lipinski definition) is 8. The highest BCUT2D eigenvalue weighted by molar-refractivity contribution is 5.75. The van der Waals surface area contributed by atoms with Crippen LogP contribution in [0.15, 0.2) is 12.1 Å². The van der Waals surface area contributed by atoms with Gasteiger partial charge in [0.25, 0.3) is 0 Å². The number of hydrogen-bond donors (Lipinski definition) is 3. The van der Waals surface area contributed by atoms with Crippen LogP contribution in [0.5, 0.6) is 5.75 Å². The molecule has 0 aliphatic carbocycles. The Bertz CT molecular complexity index is 491. The van der Waals surface area contributed by atoms with Gasteiger partial charge in [-0.1, -0.05) is 0 Å². The van der Waals surface area contributed by atoms with Gasteiger partial charge >= 0.3 is 11.8 Å². The first-order chi connectivity index (χ1) is 8.88. The van der Waals surface area contributed by atoms with E-state index in [0.29, 0.717) is 0 Å². The van der Waals surface area contributed by atoms with Crippen LogP contribution in [0.1, 0.15) is 18.7 Å². The first-order valence-electron chi connectivity index (χ1n) is 5.25. The molecule has 1 heterocycles. The van der Waals surface area contributed by atoms with Gasteiger partial charge in [0.1, 0.15) is 0 Å². The first-order valence-corrected chi connectivity index (χ1v) is 5.25. The van der Waals surface area contributed by atoms with Crippen molar-refractivity contribution in [2.75, 3.05) is 6.61 Å². The topological polar surface area (TPSA) is 143 Å². The van der Waals surface area contributed by atoms with Crippen molar-refractivity contribution in [2.24, 2.45) is 0 Å². The number of pyridine rings is 1. The Kier molecular flexibility index (Phi) is 4.73. The van der Waals surface area contributed by atoms with Crippen molar-refractivity contribution in [3.05, 3.63) is 27.9 Å². The largest absolute Gasteiger partial charge is 0.501 e. The summed E-state index contributed by atoms with van der Waals surface area (Å²) in [5.41, 5.74) is -0.329. The van der Waals surface area contributed by atoms with Gasteiger partial charge in [0.15, 0.2) is 17.9 Å². The molecule has 1 rings (SSSR count). The van der Waals surface area contributed by atoms with Crippen LogP contribution in [0.2, 0.25) is 0 Å². The fraction of sp³-hybridized carbons (Fsp3) is 0.400. The Morgan fingerprint density at radius 2 is 2.16 bits per heavy atom. The highest BCUT2D eigenvalue weighted by Gasteiger charge is 2.32. The van der Waals surface area contributed by atoms with Gasteiger partial charge < -0.3 is 30.2 Å². The number of carbonyl (C=O) groups is 1. The predicted octanol–water partition coefficient (Wildman–Crippen LogP) is -0.347. The summed E-state index contributed by atoms with van der Waals surface area (Å²) >= 11 is 0. The summed E-state index contributed by atoms with van der Waals surface area (Å²) in [5.74, 6) is -2.65. The van der Waals surface area contributed by atoms with Crippen molar-refractivity contribution in [1.29, 1.82) is 0 Å². The van der Waals surface area contributed by atoms with Crippen LogP contribution in [0, 0.1) is 10.1 Å². The average molecular weight is 272 g/mol. The molecule has 0 amide bonds. The summed E-state index contributed by atoms with van der Waals surface area (Å²) in [4.78, 5) is 24.2. The van der Waals surface area contributed by atoms with Crippen LogP contribution in [0.4, 0.5) is 5.82 Å². The summed E-state index contributed by atoms with van der Waals surface area (Å²) in [6, 6.07) is 1.98. The van der Waals surface area contributed by atoms with Crippen LogP contribution in [0.25, 0.3) is 0 Å². The van der Waals surface area contributed by atoms with E-state index in [1.807, 2.05) is 0 Å². The fourth-order valence-electron chi connectivity index (χ4n) is 1.27. The highest BCUT2D eigenvalue weighted by Crippen LogP contribution is 2.26. The molecule has 1 aromatic heterocycles. The van der Waals surface area contributed by atoms with E-state index in [1.54, 1.807) is 0 Å². The van der Waals surface area contributed by atoms with Gasteiger partial charge in [0, 0.05) is 0 Å². The number of carbonyl (C=O) groups excluding carboxylic acids is 1. The zero-order valence-electron chi connectivity index (χ0n) is 9.89. The molecular weight excluding hydrogens is 260 g/mol. The van der Waals surface area contributed by atoms with Crippen LogP contribution in [0.3, 0.4) is 0 Å². The van der Waals surface area contributed by atoms with E-state index in [1.165, 1.54) is 6.92 Å². The molecule has 2 unspecified atom stereocenters. The highest BCUT2D eigenvalue weighted by atomic mass is 16.6. The monoisotopic (exact) mass is 272 g/mol. The molecule has 0 aliphatic rings. The molecule has 2 atom stereocenters. The van der Waals surface area contributed by atoms with Crippen molar-refractivity contribution >= 4 is 11.8 Å². The van der Waals surface area contributed by atoms with Gasteiger partial charge in [0.05, 0.1) is 6.61 Å². The molecule has 0 spiro atoms. The second-order valence-electron chi connectivity index (χ2n) is 3.48. The van der Waals surface area contributed by atoms with E-state index in [4.69, 9.17) is 0 Å². The van der Waals surface area contributed by atoms with Crippen molar-refractivity contribution in [1.82, 2.24) is 4.98 Å². The van der Waals surface area contributed by atoms with Gasteiger partial charge in [0.2, 0.25) is 5.75 Å². The minimum atomic E-state index is -1.92. The molecule has 0 radical (unpaired) electrons. The lowest BCUT2D eigenvalue weighted by molar-refractivity contribution is -0.390. The van der Waals surface area contributed by atoms with Crippen LogP contribution >= 0.6 is 0 Å². The minimum Gasteiger partial charge on any atom is -0.501 e. The first kappa shape index (κ1) is 14.8. The zero-order valence-corrected chi connectivity index (χ0v) is 9.89. The molecule has 0 aromatic carbocycles. The maximum Gasteiger partial charge on any atom is 0.406 e. The molecule has 3 N–H and O–H groups in total. The molecule has 0 saturated carbocycles. The lowest BCUT2D eigenvalue weighted by atomic mass is 10.1. The third kappa shape index (κ3) is 3.36. The van der Waals surface area contributed by atoms with Gasteiger partial charge in [-0.3, -0.25) is 0 Å². The third-order valence-corrected chi connectivity index (χ3v) is 2.18. The number of nitrogens with zero attached hydrogens (tertiary/aromatic N) is 2. The Morgan fingerprint density at radius 1 is 1.53 bits per heavy atom. The second kappa shape index (κ2) is 6.07. The number of aliphatic hydroxyl groups excluding tert-OH is 2. The standard InChI is InChI=1S/C10H12N2O7/c1-2-19-10(16)8(15)7(14)5-3-4-6(13)9(11-5)12(17)18/h3-4,7-8,13-15H,2H2,1H3. The Hall–Kier alpha value is -2.26. The summed E-state index contributed by atoms with van der Waals surface area (Å²) < 4.78 is 4.49. The van der Waals surface area contributed by atoms with Crippen LogP contribution in [-0.4, -0.2) is 43.9 Å². The van der Waals surface area contributed by atoms with E-state index < -0.39 is 34.7 Å². The molecule has 19 heavy (non-hydrogen) atoms. The molecule has 0 fully saturated rings. The molecule has 0 bridgehead atoms. The molecule has 9 nitrogen and oxygen atoms in total. The molecule has 9 heteroatoms. The maximum atomic E-state index is 11.2. The maximum absolute atomic E-state index is 11.2. The normalized spacial score (nSPS) is 13.6. The third-order valence-electron chi connectivity index (χ3n) is 2.18. The van der Waals surface area contributed by atoms with E-state index in [0.717, 1.165) is 12.1 Å². The van der Waals surface area contributed by atoms with E-state index in [2.05, 4.69) is 9.72 Å². The number of rotatable bonds is 5. The smallest absolute Gasteiger partial charge is 0.406 e. The van der Waals surface area contributed by atoms with Crippen molar-refractivity contribution in [3.8, 4) is 5.75 Å². The lowest BCUT2D eigenvalue weighted by Gasteiger charge is -2.13. The average Bonchev–Trinajstić information content (AvgIpc) is 2.37. The van der Waals surface area contributed by atoms with Crippen molar-refractivity contribution in [3.63, 3.8) is 0 Å². The van der Waals surface area contributed by atoms with E-state index >= 15 is 0 Å². The van der Waals surface area contributed by atoms with E-state index in [9.17, 15) is 30.2 Å². The number of aliphatic hydroxyl groups is 2. The van der Waals surface area contributed by atoms with Crippen LogP contribution in [-0.2, 0) is 9.53 Å². The summed E-state index contributed by atoms with van der Waals surface area (Å²) in [7, 11) is 0. The fourth-order valence-corrected chi connectivity index (χ4v) is 1.27. The SMILES string of the molecule is CCOC(=O)C(O)C(O)c1ccc(O)c([N+](=O)[O-])n1. The van der Waals surface area contributed by atoms with Gasteiger partial charge in [-0.25, -0.2) is 4.79 Å². The molecule has 0 aliphatic heterocycles. The Labute approximate surface area is 107 Å². The van der Waals surface area contributed by atoms with Gasteiger partial charge in [-0.15, -0.1) is 0 Å². The Morgan fingerprint density at radius 3 is 2.68 bits per heavy atom. The van der Waals surface area contributed by atoms with Gasteiger partial charge in [-0.05, 0) is 29.0 Å². The number of nitro groups is 1. The number of aromatic nitrogens is 1. The zero-order chi connectivity index (χ0) is 14.6. The predicted molar refractivity (Wildman–Crippen MR) is 60.2 cm³/mol. The van der Waals surface area contributed by atoms with Crippen molar-refractivity contribution in [2.45, 2.75) is 19.1 Å². The van der Waals surface area contributed by atoms with Crippen LogP contribution < -0.4 is 0 Å². The van der Waals surface area contributed by atoms with Crippen molar-refractivity contribution < 1.29 is 29.8 Å². The summed E-state index contributed by atoms with van der Waals surface area (Å²) in [6.07, 6.45) is -3.71. The van der Waals surface area contributed by atoms with E-state index in [-0.39, 0.29) is 12.3 Å². The molecule has 104 valence electrons. The summed E-state index contributed by atoms with van der Waals surface area (Å²) in [5, 5.41) is 38.9. The minimum absolute atomic E-state index is 0.00572. The lowest BCUT2D eigenvalue weighted by Crippen LogP contribution is -2.30. The molecule has 0 saturated heterocycles. The second-order valence-corrected chi connectivity index (χ2v) is 3.48. The molecular formula is C10H12N2O7. The van der Waals surface area contributed by atoms with Gasteiger partial charge in [-0.2, -0.15) is 0 Å². The number of esters is 1. The summed E-state index contributed by atoms with van der Waals surface area (Å²) in [6.45, 7) is 1.52. The number of aromatic hydroxyl groups is 1. The number of ether oxygens (including phenoxy) is 1. The quantitative estimate of drug-likeness (QED) is 0.375.